The van der Waals surface area contributed by atoms with E-state index in [0.29, 0.717) is 36.4 Å². The molecule has 1 amide bonds. The van der Waals surface area contributed by atoms with E-state index >= 15 is 0 Å². The molecule has 2 aromatic carbocycles. The Balaban J connectivity index is 1.43. The van der Waals surface area contributed by atoms with E-state index < -0.39 is 0 Å². The number of hydrogen-bond acceptors (Lipinski definition) is 6. The zero-order valence-corrected chi connectivity index (χ0v) is 20.9. The van der Waals surface area contributed by atoms with Crippen LogP contribution in [0.2, 0.25) is 0 Å². The average molecular weight is 475 g/mol. The van der Waals surface area contributed by atoms with Crippen molar-refractivity contribution >= 4 is 6.09 Å². The van der Waals surface area contributed by atoms with Crippen molar-refractivity contribution in [3.05, 3.63) is 65.2 Å². The van der Waals surface area contributed by atoms with Crippen LogP contribution in [0.4, 0.5) is 4.79 Å². The second-order valence-corrected chi connectivity index (χ2v) is 9.83. The molecule has 0 bridgehead atoms. The lowest BCUT2D eigenvalue weighted by atomic mass is 10.1. The van der Waals surface area contributed by atoms with Crippen molar-refractivity contribution in [3.63, 3.8) is 0 Å². The molecule has 1 heterocycles. The molecule has 0 spiro atoms. The lowest BCUT2D eigenvalue weighted by molar-refractivity contribution is 0.00962. The Kier molecular flexibility index (Phi) is 9.11. The molecule has 0 radical (unpaired) electrons. The second-order valence-electron chi connectivity index (χ2n) is 9.83. The van der Waals surface area contributed by atoms with Crippen molar-refractivity contribution in [2.24, 2.45) is 0 Å². The number of likely N-dealkylation sites (tertiary alicyclic amines) is 1. The maximum Gasteiger partial charge on any atom is 0.410 e. The van der Waals surface area contributed by atoms with Gasteiger partial charge in [0.2, 0.25) is 0 Å². The van der Waals surface area contributed by atoms with Gasteiger partial charge >= 0.3 is 6.09 Å². The highest BCUT2D eigenvalue weighted by molar-refractivity contribution is 5.68. The quantitative estimate of drug-likeness (QED) is 0.495. The first-order chi connectivity index (χ1) is 16.8. The minimum Gasteiger partial charge on any atom is -0.494 e. The zero-order valence-electron chi connectivity index (χ0n) is 20.9. The zero-order chi connectivity index (χ0) is 25.3. The van der Waals surface area contributed by atoms with E-state index in [1.54, 1.807) is 29.2 Å². The molecule has 7 nitrogen and oxygen atoms in total. The fraction of sp³-hybridized carbons (Fsp3) is 0.464. The molecule has 2 aromatic rings. The third kappa shape index (κ3) is 8.02. The van der Waals surface area contributed by atoms with Gasteiger partial charge in [0.1, 0.15) is 11.9 Å². The van der Waals surface area contributed by atoms with Crippen LogP contribution in [0.1, 0.15) is 56.7 Å². The number of carbonyl (C=O) groups is 1. The van der Waals surface area contributed by atoms with Crippen LogP contribution in [0.15, 0.2) is 48.5 Å². The minimum atomic E-state index is -0.359. The van der Waals surface area contributed by atoms with Gasteiger partial charge in [-0.15, -0.1) is 0 Å². The lowest BCUT2D eigenvalue weighted by Crippen LogP contribution is -2.48. The van der Waals surface area contributed by atoms with Crippen LogP contribution in [0, 0.1) is 22.7 Å². The number of nitrogens with zero attached hydrogens (tertiary/aromatic N) is 4. The van der Waals surface area contributed by atoms with Crippen molar-refractivity contribution in [3.8, 4) is 17.9 Å². The van der Waals surface area contributed by atoms with E-state index in [1.165, 1.54) is 5.56 Å². The van der Waals surface area contributed by atoms with Gasteiger partial charge in [0.05, 0.1) is 29.9 Å². The van der Waals surface area contributed by atoms with E-state index in [2.05, 4.69) is 17.0 Å². The summed E-state index contributed by atoms with van der Waals surface area (Å²) in [6, 6.07) is 18.9. The monoisotopic (exact) mass is 474 g/mol. The van der Waals surface area contributed by atoms with Gasteiger partial charge < -0.3 is 14.4 Å². The number of hydrogen-bond donors (Lipinski definition) is 0. The molecule has 0 atom stereocenters. The molecule has 3 rings (SSSR count). The smallest absolute Gasteiger partial charge is 0.410 e. The first-order valence-corrected chi connectivity index (χ1v) is 12.1. The maximum atomic E-state index is 13.0. The third-order valence-electron chi connectivity index (χ3n) is 6.10. The van der Waals surface area contributed by atoms with Gasteiger partial charge in [0.15, 0.2) is 0 Å². The molecule has 0 N–H and O–H groups in total. The molecule has 0 unspecified atom stereocenters. The van der Waals surface area contributed by atoms with E-state index in [9.17, 15) is 4.79 Å². The highest BCUT2D eigenvalue weighted by Gasteiger charge is 2.30. The van der Waals surface area contributed by atoms with Crippen molar-refractivity contribution in [2.75, 3.05) is 26.2 Å². The molecule has 184 valence electrons. The van der Waals surface area contributed by atoms with Gasteiger partial charge in [-0.1, -0.05) is 12.1 Å². The summed E-state index contributed by atoms with van der Waals surface area (Å²) in [6.07, 6.45) is 1.93. The average Bonchev–Trinajstić information content (AvgIpc) is 2.85. The van der Waals surface area contributed by atoms with Crippen molar-refractivity contribution in [2.45, 2.75) is 58.2 Å². The second kappa shape index (κ2) is 12.2. The summed E-state index contributed by atoms with van der Waals surface area (Å²) in [6.45, 7) is 9.61. The molecule has 0 aliphatic carbocycles. The number of rotatable bonds is 8. The van der Waals surface area contributed by atoms with Gasteiger partial charge in [0.25, 0.3) is 0 Å². The first kappa shape index (κ1) is 26.1. The van der Waals surface area contributed by atoms with Crippen LogP contribution in [0.25, 0.3) is 0 Å². The largest absolute Gasteiger partial charge is 0.494 e. The number of piperidine rings is 1. The van der Waals surface area contributed by atoms with Gasteiger partial charge in [-0.25, -0.2) is 4.79 Å². The topological polar surface area (TPSA) is 89.6 Å². The Morgan fingerprint density at radius 1 is 1.00 bits per heavy atom. The number of amides is 1. The Morgan fingerprint density at radius 2 is 1.57 bits per heavy atom. The van der Waals surface area contributed by atoms with Crippen molar-refractivity contribution in [1.82, 2.24) is 9.80 Å². The van der Waals surface area contributed by atoms with E-state index in [1.807, 2.05) is 45.0 Å². The molecule has 0 aromatic heterocycles. The van der Waals surface area contributed by atoms with Gasteiger partial charge in [-0.05, 0) is 82.0 Å². The SMILES string of the molecule is CC(C)(C)N(CCCOc1ccc(C#N)cc1)C(=O)OC1CCN(Cc2ccc(C#N)cc2)CC1. The van der Waals surface area contributed by atoms with Crippen LogP contribution in [-0.4, -0.2) is 53.8 Å². The molecule has 0 saturated carbocycles. The van der Waals surface area contributed by atoms with Crippen LogP contribution >= 0.6 is 0 Å². The fourth-order valence-electron chi connectivity index (χ4n) is 4.07. The molecular weight excluding hydrogens is 440 g/mol. The summed E-state index contributed by atoms with van der Waals surface area (Å²) in [5, 5.41) is 17.8. The summed E-state index contributed by atoms with van der Waals surface area (Å²) in [5.41, 5.74) is 2.09. The molecule has 7 heteroatoms. The summed E-state index contributed by atoms with van der Waals surface area (Å²) in [4.78, 5) is 17.1. The summed E-state index contributed by atoms with van der Waals surface area (Å²) in [7, 11) is 0. The maximum absolute atomic E-state index is 13.0. The fourth-order valence-corrected chi connectivity index (χ4v) is 4.07. The Labute approximate surface area is 208 Å². The third-order valence-corrected chi connectivity index (χ3v) is 6.10. The van der Waals surface area contributed by atoms with Crippen LogP contribution in [-0.2, 0) is 11.3 Å². The van der Waals surface area contributed by atoms with E-state index in [0.717, 1.165) is 32.5 Å². The van der Waals surface area contributed by atoms with Gasteiger partial charge in [-0.2, -0.15) is 10.5 Å². The van der Waals surface area contributed by atoms with Crippen molar-refractivity contribution in [1.29, 1.82) is 10.5 Å². The normalized spacial score (nSPS) is 14.5. The highest BCUT2D eigenvalue weighted by atomic mass is 16.6. The van der Waals surface area contributed by atoms with E-state index in [4.69, 9.17) is 20.0 Å². The van der Waals surface area contributed by atoms with Crippen molar-refractivity contribution < 1.29 is 14.3 Å². The number of ether oxygens (including phenoxy) is 2. The Bertz CT molecular complexity index is 1040. The Morgan fingerprint density at radius 3 is 2.11 bits per heavy atom. The molecule has 1 saturated heterocycles. The number of benzene rings is 2. The molecule has 1 fully saturated rings. The molecule has 1 aliphatic heterocycles. The summed E-state index contributed by atoms with van der Waals surface area (Å²) in [5.74, 6) is 0.710. The van der Waals surface area contributed by atoms with E-state index in [-0.39, 0.29) is 17.7 Å². The standard InChI is InChI=1S/C28H34N4O3/c1-28(2,3)32(15-4-18-34-25-11-9-23(20-30)10-12-25)27(33)35-26-13-16-31(17-14-26)21-24-7-5-22(19-29)6-8-24/h5-12,26H,4,13-18,21H2,1-3H3. The van der Waals surface area contributed by atoms with Crippen LogP contribution in [0.5, 0.6) is 5.75 Å². The lowest BCUT2D eigenvalue weighted by Gasteiger charge is -2.37. The summed E-state index contributed by atoms with van der Waals surface area (Å²) >= 11 is 0. The van der Waals surface area contributed by atoms with Crippen LogP contribution in [0.3, 0.4) is 0 Å². The number of nitriles is 2. The first-order valence-electron chi connectivity index (χ1n) is 12.1. The molecule has 1 aliphatic rings. The Hall–Kier alpha value is -3.55. The molecular formula is C28H34N4O3. The highest BCUT2D eigenvalue weighted by Crippen LogP contribution is 2.21. The van der Waals surface area contributed by atoms with Crippen LogP contribution < -0.4 is 4.74 Å². The summed E-state index contributed by atoms with van der Waals surface area (Å²) < 4.78 is 11.7. The van der Waals surface area contributed by atoms with Gasteiger partial charge in [0, 0.05) is 31.7 Å². The van der Waals surface area contributed by atoms with Gasteiger partial charge in [-0.3, -0.25) is 4.90 Å². The minimum absolute atomic E-state index is 0.0838. The molecule has 35 heavy (non-hydrogen) atoms. The predicted molar refractivity (Wildman–Crippen MR) is 134 cm³/mol. The number of carbonyl (C=O) groups excluding carboxylic acids is 1. The predicted octanol–water partition coefficient (Wildman–Crippen LogP) is 5.10.